The van der Waals surface area contributed by atoms with Crippen LogP contribution >= 0.6 is 0 Å². The number of hydrogen-bond donors (Lipinski definition) is 1. The Morgan fingerprint density at radius 3 is 2.75 bits per heavy atom. The first-order valence-corrected chi connectivity index (χ1v) is 7.02. The van der Waals surface area contributed by atoms with Gasteiger partial charge in [-0.05, 0) is 38.7 Å². The number of likely N-dealkylation sites (N-methyl/N-ethyl adjacent to an activating group) is 1. The Balaban J connectivity index is 2.31. The summed E-state index contributed by atoms with van der Waals surface area (Å²) in [4.78, 5) is 11.3. The fourth-order valence-electron chi connectivity index (χ4n) is 1.93. The molecule has 0 aliphatic heterocycles. The molecule has 0 atom stereocenters. The zero-order valence-corrected chi connectivity index (χ0v) is 12.4. The van der Waals surface area contributed by atoms with Crippen molar-refractivity contribution in [1.29, 1.82) is 0 Å². The molecule has 1 aromatic carbocycles. The lowest BCUT2D eigenvalue weighted by Gasteiger charge is -2.12. The van der Waals surface area contributed by atoms with Crippen LogP contribution in [0.25, 0.3) is 17.0 Å². The molecule has 0 saturated heterocycles. The average molecular weight is 270 g/mol. The van der Waals surface area contributed by atoms with Gasteiger partial charge < -0.3 is 10.2 Å². The highest BCUT2D eigenvalue weighted by Gasteiger charge is 2.05. The molecule has 0 amide bonds. The van der Waals surface area contributed by atoms with Crippen LogP contribution in [0, 0.1) is 0 Å². The first kappa shape index (κ1) is 14.5. The number of nitrogens with zero attached hydrogens (tertiary/aromatic N) is 3. The molecule has 1 aromatic heterocycles. The first-order valence-electron chi connectivity index (χ1n) is 7.02. The van der Waals surface area contributed by atoms with Gasteiger partial charge in [-0.3, -0.25) is 0 Å². The minimum Gasteiger partial charge on any atom is -0.368 e. The third-order valence-corrected chi connectivity index (χ3v) is 2.97. The summed E-state index contributed by atoms with van der Waals surface area (Å²) in [6, 6.07) is 8.11. The fraction of sp³-hybridized carbons (Fsp3) is 0.375. The van der Waals surface area contributed by atoms with Crippen LogP contribution in [0.2, 0.25) is 0 Å². The second kappa shape index (κ2) is 7.01. The van der Waals surface area contributed by atoms with E-state index in [0.717, 1.165) is 42.1 Å². The third-order valence-electron chi connectivity index (χ3n) is 2.97. The number of benzene rings is 1. The molecule has 0 radical (unpaired) electrons. The molecule has 0 spiro atoms. The Hall–Kier alpha value is -1.94. The van der Waals surface area contributed by atoms with Crippen molar-refractivity contribution in [1.82, 2.24) is 14.9 Å². The fourth-order valence-corrected chi connectivity index (χ4v) is 1.93. The summed E-state index contributed by atoms with van der Waals surface area (Å²) in [6.07, 6.45) is 5.04. The first-order chi connectivity index (χ1) is 9.70. The van der Waals surface area contributed by atoms with Crippen molar-refractivity contribution in [3.05, 3.63) is 36.2 Å². The molecule has 0 fully saturated rings. The Bertz CT molecular complexity index is 590. The number of para-hydroxylation sites is 1. The van der Waals surface area contributed by atoms with Gasteiger partial charge >= 0.3 is 0 Å². The lowest BCUT2D eigenvalue weighted by Crippen LogP contribution is -2.21. The highest BCUT2D eigenvalue weighted by atomic mass is 15.1. The van der Waals surface area contributed by atoms with Gasteiger partial charge in [0, 0.05) is 18.5 Å². The molecule has 0 bridgehead atoms. The van der Waals surface area contributed by atoms with E-state index in [-0.39, 0.29) is 0 Å². The van der Waals surface area contributed by atoms with Gasteiger partial charge in [0.25, 0.3) is 0 Å². The molecule has 4 heteroatoms. The smallest absolute Gasteiger partial charge is 0.154 e. The highest BCUT2D eigenvalue weighted by Crippen LogP contribution is 2.20. The number of anilines is 1. The van der Waals surface area contributed by atoms with Crippen LogP contribution in [0.4, 0.5) is 5.82 Å². The second-order valence-corrected chi connectivity index (χ2v) is 4.99. The maximum atomic E-state index is 4.61. The van der Waals surface area contributed by atoms with E-state index in [0.29, 0.717) is 0 Å². The summed E-state index contributed by atoms with van der Waals surface area (Å²) in [5.41, 5.74) is 0.977. The second-order valence-electron chi connectivity index (χ2n) is 4.99. The van der Waals surface area contributed by atoms with Crippen LogP contribution in [0.5, 0.6) is 0 Å². The maximum absolute atomic E-state index is 4.61. The van der Waals surface area contributed by atoms with E-state index in [1.807, 2.05) is 24.3 Å². The molecule has 1 heterocycles. The number of fused-ring (bicyclic) bond motifs is 1. The molecule has 20 heavy (non-hydrogen) atoms. The zero-order valence-electron chi connectivity index (χ0n) is 12.4. The van der Waals surface area contributed by atoms with Crippen molar-refractivity contribution >= 4 is 22.8 Å². The van der Waals surface area contributed by atoms with Crippen LogP contribution in [0.1, 0.15) is 19.2 Å². The van der Waals surface area contributed by atoms with Crippen molar-refractivity contribution in [2.24, 2.45) is 0 Å². The monoisotopic (exact) mass is 270 g/mol. The Kier molecular flexibility index (Phi) is 5.07. The van der Waals surface area contributed by atoms with E-state index in [1.165, 1.54) is 0 Å². The van der Waals surface area contributed by atoms with Crippen molar-refractivity contribution in [2.45, 2.75) is 13.3 Å². The van der Waals surface area contributed by atoms with E-state index in [9.17, 15) is 0 Å². The predicted octanol–water partition coefficient (Wildman–Crippen LogP) is 3.03. The summed E-state index contributed by atoms with van der Waals surface area (Å²) in [7, 11) is 4.13. The van der Waals surface area contributed by atoms with E-state index >= 15 is 0 Å². The van der Waals surface area contributed by atoms with Crippen molar-refractivity contribution in [2.75, 3.05) is 32.5 Å². The van der Waals surface area contributed by atoms with E-state index in [2.05, 4.69) is 53.3 Å². The Morgan fingerprint density at radius 1 is 1.20 bits per heavy atom. The molecule has 1 N–H and O–H groups in total. The Labute approximate surface area is 120 Å². The highest BCUT2D eigenvalue weighted by molar-refractivity contribution is 5.89. The molecule has 0 unspecified atom stereocenters. The number of aromatic nitrogens is 2. The summed E-state index contributed by atoms with van der Waals surface area (Å²) >= 11 is 0. The number of allylic oxidation sites excluding steroid dienone is 1. The van der Waals surface area contributed by atoms with Crippen molar-refractivity contribution < 1.29 is 0 Å². The van der Waals surface area contributed by atoms with Gasteiger partial charge in [-0.1, -0.05) is 25.1 Å². The maximum Gasteiger partial charge on any atom is 0.154 e. The number of hydrogen-bond acceptors (Lipinski definition) is 4. The van der Waals surface area contributed by atoms with Gasteiger partial charge in [-0.25, -0.2) is 9.97 Å². The minimum atomic E-state index is 0.762. The number of nitrogens with one attached hydrogen (secondary N) is 1. The SMILES string of the molecule is CCC=Cc1nc(NCCN(C)C)c2ccccc2n1. The topological polar surface area (TPSA) is 41.1 Å². The summed E-state index contributed by atoms with van der Waals surface area (Å²) < 4.78 is 0. The normalized spacial score (nSPS) is 11.6. The van der Waals surface area contributed by atoms with Gasteiger partial charge in [-0.2, -0.15) is 0 Å². The van der Waals surface area contributed by atoms with Gasteiger partial charge in [-0.15, -0.1) is 0 Å². The third kappa shape index (κ3) is 3.78. The van der Waals surface area contributed by atoms with E-state index in [1.54, 1.807) is 0 Å². The summed E-state index contributed by atoms with van der Waals surface area (Å²) in [6.45, 7) is 3.94. The average Bonchev–Trinajstić information content (AvgIpc) is 2.44. The number of rotatable bonds is 6. The van der Waals surface area contributed by atoms with Gasteiger partial charge in [0.2, 0.25) is 0 Å². The largest absolute Gasteiger partial charge is 0.368 e. The Morgan fingerprint density at radius 2 is 2.00 bits per heavy atom. The van der Waals surface area contributed by atoms with Crippen molar-refractivity contribution in [3.63, 3.8) is 0 Å². The van der Waals surface area contributed by atoms with E-state index in [4.69, 9.17) is 0 Å². The van der Waals surface area contributed by atoms with Crippen LogP contribution < -0.4 is 5.32 Å². The predicted molar refractivity (Wildman–Crippen MR) is 85.9 cm³/mol. The molecular weight excluding hydrogens is 248 g/mol. The van der Waals surface area contributed by atoms with Crippen LogP contribution in [0.15, 0.2) is 30.3 Å². The van der Waals surface area contributed by atoms with Crippen LogP contribution in [0.3, 0.4) is 0 Å². The summed E-state index contributed by atoms with van der Waals surface area (Å²) in [5, 5.41) is 4.48. The molecule has 2 aromatic rings. The molecule has 2 rings (SSSR count). The molecule has 0 saturated carbocycles. The van der Waals surface area contributed by atoms with Crippen molar-refractivity contribution in [3.8, 4) is 0 Å². The molecule has 4 nitrogen and oxygen atoms in total. The lowest BCUT2D eigenvalue weighted by molar-refractivity contribution is 0.425. The van der Waals surface area contributed by atoms with Gasteiger partial charge in [0.05, 0.1) is 5.52 Å². The van der Waals surface area contributed by atoms with Crippen LogP contribution in [-0.4, -0.2) is 42.1 Å². The molecule has 0 aliphatic rings. The molecule has 0 aliphatic carbocycles. The van der Waals surface area contributed by atoms with Crippen LogP contribution in [-0.2, 0) is 0 Å². The minimum absolute atomic E-state index is 0.762. The summed E-state index contributed by atoms with van der Waals surface area (Å²) in [5.74, 6) is 1.67. The standard InChI is InChI=1S/C16H22N4/c1-4-5-10-15-18-14-9-7-6-8-13(14)16(19-15)17-11-12-20(2)3/h5-10H,4,11-12H2,1-3H3,(H,17,18,19). The lowest BCUT2D eigenvalue weighted by atomic mass is 10.2. The van der Waals surface area contributed by atoms with Gasteiger partial charge in [0.1, 0.15) is 5.82 Å². The molecular formula is C16H22N4. The van der Waals surface area contributed by atoms with E-state index < -0.39 is 0 Å². The quantitative estimate of drug-likeness (QED) is 0.876. The zero-order chi connectivity index (χ0) is 14.4. The van der Waals surface area contributed by atoms with Gasteiger partial charge in [0.15, 0.2) is 5.82 Å². The molecule has 106 valence electrons.